The molecule has 1 N–H and O–H groups in total. The molecule has 0 saturated heterocycles. The number of nitrogens with one attached hydrogen (secondary N) is 1. The fraction of sp³-hybridized carbons (Fsp3) is 0.257. The van der Waals surface area contributed by atoms with E-state index in [1.807, 2.05) is 68.4 Å². The van der Waals surface area contributed by atoms with E-state index < -0.39 is 28.5 Å². The number of hydrogen-bond donors (Lipinski definition) is 1. The number of amides is 2. The Bertz CT molecular complexity index is 1680. The maximum Gasteiger partial charge on any atom is 0.264 e. The highest BCUT2D eigenvalue weighted by Crippen LogP contribution is 2.30. The van der Waals surface area contributed by atoms with E-state index in [0.717, 1.165) is 27.4 Å². The number of nitrogens with zero attached hydrogens (tertiary/aromatic N) is 2. The summed E-state index contributed by atoms with van der Waals surface area (Å²) < 4.78 is 29.3. The molecule has 0 heterocycles. The van der Waals surface area contributed by atoms with Gasteiger partial charge in [0.05, 0.1) is 10.6 Å². The standard InChI is InChI=1S/C35H38ClN3O4S/c1-4-20-37-35(41)33(22-28-13-7-5-8-14-28)38(24-29-15-11-12-26(2)21-29)34(40)25-39(32-23-30(36)19-18-27(32)3)44(42,43)31-16-9-6-10-17-31/h5-19,21,23,33H,4,20,22,24-25H2,1-3H3,(H,37,41)/t33-/m1/s1. The molecule has 44 heavy (non-hydrogen) atoms. The summed E-state index contributed by atoms with van der Waals surface area (Å²) >= 11 is 6.34. The highest BCUT2D eigenvalue weighted by atomic mass is 35.5. The second-order valence-electron chi connectivity index (χ2n) is 10.8. The van der Waals surface area contributed by atoms with Crippen molar-refractivity contribution in [3.8, 4) is 0 Å². The molecule has 0 bridgehead atoms. The van der Waals surface area contributed by atoms with Gasteiger partial charge in [0, 0.05) is 24.5 Å². The van der Waals surface area contributed by atoms with Crippen LogP contribution < -0.4 is 9.62 Å². The van der Waals surface area contributed by atoms with Crippen LogP contribution in [0.4, 0.5) is 5.69 Å². The van der Waals surface area contributed by atoms with Crippen LogP contribution in [-0.4, -0.2) is 44.3 Å². The Morgan fingerprint density at radius 1 is 0.841 bits per heavy atom. The van der Waals surface area contributed by atoms with Gasteiger partial charge in [-0.3, -0.25) is 13.9 Å². The van der Waals surface area contributed by atoms with Gasteiger partial charge >= 0.3 is 0 Å². The normalized spacial score (nSPS) is 11.9. The van der Waals surface area contributed by atoms with E-state index in [-0.39, 0.29) is 23.8 Å². The molecule has 0 radical (unpaired) electrons. The van der Waals surface area contributed by atoms with Crippen LogP contribution in [0.15, 0.2) is 108 Å². The van der Waals surface area contributed by atoms with E-state index in [1.165, 1.54) is 17.0 Å². The van der Waals surface area contributed by atoms with Crippen LogP contribution in [-0.2, 0) is 32.6 Å². The van der Waals surface area contributed by atoms with Crippen molar-refractivity contribution in [3.63, 3.8) is 0 Å². The fourth-order valence-corrected chi connectivity index (χ4v) is 6.67. The zero-order valence-corrected chi connectivity index (χ0v) is 26.8. The van der Waals surface area contributed by atoms with Crippen molar-refractivity contribution in [2.45, 2.75) is 51.1 Å². The number of hydrogen-bond acceptors (Lipinski definition) is 4. The zero-order valence-electron chi connectivity index (χ0n) is 25.2. The molecule has 2 amide bonds. The van der Waals surface area contributed by atoms with E-state index in [4.69, 9.17) is 11.6 Å². The molecule has 0 aliphatic carbocycles. The molecule has 0 aliphatic heterocycles. The third-order valence-electron chi connectivity index (χ3n) is 7.31. The lowest BCUT2D eigenvalue weighted by molar-refractivity contribution is -0.140. The summed E-state index contributed by atoms with van der Waals surface area (Å²) in [6, 6.07) is 29.3. The Morgan fingerprint density at radius 2 is 1.50 bits per heavy atom. The summed E-state index contributed by atoms with van der Waals surface area (Å²) in [6.45, 7) is 5.72. The second kappa shape index (κ2) is 15.0. The number of halogens is 1. The molecule has 0 saturated carbocycles. The predicted octanol–water partition coefficient (Wildman–Crippen LogP) is 6.32. The minimum absolute atomic E-state index is 0.0407. The first kappa shape index (κ1) is 32.8. The molecule has 0 aromatic heterocycles. The fourth-order valence-electron chi connectivity index (χ4n) is 5.01. The maximum atomic E-state index is 14.5. The zero-order chi connectivity index (χ0) is 31.7. The van der Waals surface area contributed by atoms with Crippen molar-refractivity contribution in [3.05, 3.63) is 130 Å². The van der Waals surface area contributed by atoms with Gasteiger partial charge in [-0.25, -0.2) is 8.42 Å². The Balaban J connectivity index is 1.82. The third kappa shape index (κ3) is 8.27. The number of benzene rings is 4. The lowest BCUT2D eigenvalue weighted by atomic mass is 10.0. The van der Waals surface area contributed by atoms with Crippen molar-refractivity contribution in [2.24, 2.45) is 0 Å². The van der Waals surface area contributed by atoms with Crippen LogP contribution in [0.3, 0.4) is 0 Å². The minimum atomic E-state index is -4.19. The van der Waals surface area contributed by atoms with Gasteiger partial charge < -0.3 is 10.2 Å². The van der Waals surface area contributed by atoms with Crippen molar-refractivity contribution in [1.82, 2.24) is 10.2 Å². The van der Waals surface area contributed by atoms with Crippen molar-refractivity contribution in [1.29, 1.82) is 0 Å². The number of carbonyl (C=O) groups excluding carboxylic acids is 2. The average Bonchev–Trinajstić information content (AvgIpc) is 3.02. The van der Waals surface area contributed by atoms with Gasteiger partial charge in [0.2, 0.25) is 11.8 Å². The summed E-state index contributed by atoms with van der Waals surface area (Å²) in [6.07, 6.45) is 0.988. The number of sulfonamides is 1. The Hall–Kier alpha value is -4.14. The van der Waals surface area contributed by atoms with E-state index in [0.29, 0.717) is 22.8 Å². The number of aryl methyl sites for hydroxylation is 2. The number of anilines is 1. The first-order valence-corrected chi connectivity index (χ1v) is 16.4. The molecule has 0 fully saturated rings. The molecule has 0 unspecified atom stereocenters. The summed E-state index contributed by atoms with van der Waals surface area (Å²) in [5.41, 5.74) is 3.64. The lowest BCUT2D eigenvalue weighted by Gasteiger charge is -2.34. The first-order chi connectivity index (χ1) is 21.1. The molecule has 4 rings (SSSR count). The van der Waals surface area contributed by atoms with E-state index in [9.17, 15) is 18.0 Å². The molecule has 7 nitrogen and oxygen atoms in total. The van der Waals surface area contributed by atoms with Crippen molar-refractivity contribution in [2.75, 3.05) is 17.4 Å². The van der Waals surface area contributed by atoms with Gasteiger partial charge in [0.15, 0.2) is 0 Å². The van der Waals surface area contributed by atoms with Gasteiger partial charge in [0.1, 0.15) is 12.6 Å². The predicted molar refractivity (Wildman–Crippen MR) is 176 cm³/mol. The van der Waals surface area contributed by atoms with Crippen LogP contribution in [0.25, 0.3) is 0 Å². The monoisotopic (exact) mass is 631 g/mol. The Labute approximate surface area is 265 Å². The van der Waals surface area contributed by atoms with E-state index in [1.54, 1.807) is 43.3 Å². The Kier molecular flexibility index (Phi) is 11.2. The molecular formula is C35H38ClN3O4S. The smallest absolute Gasteiger partial charge is 0.264 e. The SMILES string of the molecule is CCCNC(=O)[C@@H](Cc1ccccc1)N(Cc1cccc(C)c1)C(=O)CN(c1cc(Cl)ccc1C)S(=O)(=O)c1ccccc1. The molecule has 0 aliphatic rings. The van der Waals surface area contributed by atoms with Gasteiger partial charge in [-0.15, -0.1) is 0 Å². The minimum Gasteiger partial charge on any atom is -0.354 e. The maximum absolute atomic E-state index is 14.5. The molecule has 230 valence electrons. The van der Waals surface area contributed by atoms with Crippen LogP contribution >= 0.6 is 11.6 Å². The van der Waals surface area contributed by atoms with Gasteiger partial charge in [-0.05, 0) is 61.2 Å². The number of rotatable bonds is 13. The van der Waals surface area contributed by atoms with Gasteiger partial charge in [-0.2, -0.15) is 0 Å². The molecule has 0 spiro atoms. The van der Waals surface area contributed by atoms with Crippen molar-refractivity contribution >= 4 is 39.1 Å². The number of carbonyl (C=O) groups is 2. The molecule has 9 heteroatoms. The summed E-state index contributed by atoms with van der Waals surface area (Å²) in [5, 5.41) is 3.30. The highest BCUT2D eigenvalue weighted by molar-refractivity contribution is 7.92. The quantitative estimate of drug-likeness (QED) is 0.187. The summed E-state index contributed by atoms with van der Waals surface area (Å²) in [7, 11) is -4.19. The Morgan fingerprint density at radius 3 is 2.16 bits per heavy atom. The van der Waals surface area contributed by atoms with Gasteiger partial charge in [-0.1, -0.05) is 103 Å². The van der Waals surface area contributed by atoms with Crippen LogP contribution in [0.2, 0.25) is 5.02 Å². The third-order valence-corrected chi connectivity index (χ3v) is 9.31. The van der Waals surface area contributed by atoms with Crippen molar-refractivity contribution < 1.29 is 18.0 Å². The van der Waals surface area contributed by atoms with E-state index in [2.05, 4.69) is 5.32 Å². The molecular weight excluding hydrogens is 594 g/mol. The van der Waals surface area contributed by atoms with Crippen LogP contribution in [0, 0.1) is 13.8 Å². The van der Waals surface area contributed by atoms with Gasteiger partial charge in [0.25, 0.3) is 10.0 Å². The van der Waals surface area contributed by atoms with Crippen LogP contribution in [0.5, 0.6) is 0 Å². The molecule has 1 atom stereocenters. The molecule has 4 aromatic rings. The average molecular weight is 632 g/mol. The first-order valence-electron chi connectivity index (χ1n) is 14.6. The molecule has 4 aromatic carbocycles. The largest absolute Gasteiger partial charge is 0.354 e. The second-order valence-corrected chi connectivity index (χ2v) is 13.1. The van der Waals surface area contributed by atoms with E-state index >= 15 is 0 Å². The van der Waals surface area contributed by atoms with Crippen LogP contribution in [0.1, 0.15) is 35.6 Å². The summed E-state index contributed by atoms with van der Waals surface area (Å²) in [4.78, 5) is 29.8. The lowest BCUT2D eigenvalue weighted by Crippen LogP contribution is -2.53. The summed E-state index contributed by atoms with van der Waals surface area (Å²) in [5.74, 6) is -0.814. The highest BCUT2D eigenvalue weighted by Gasteiger charge is 2.35. The topological polar surface area (TPSA) is 86.8 Å².